The third kappa shape index (κ3) is 3.42. The second kappa shape index (κ2) is 7.98. The molecule has 2 aliphatic heterocycles. The minimum atomic E-state index is -0.440. The summed E-state index contributed by atoms with van der Waals surface area (Å²) in [5.74, 6) is 0.649. The van der Waals surface area contributed by atoms with Crippen molar-refractivity contribution in [2.75, 3.05) is 23.5 Å². The molecule has 1 amide bonds. The summed E-state index contributed by atoms with van der Waals surface area (Å²) in [5, 5.41) is 0.594. The molecule has 1 aromatic heterocycles. The molecule has 8 heteroatoms. The summed E-state index contributed by atoms with van der Waals surface area (Å²) < 4.78 is 10.8. The molecule has 32 heavy (non-hydrogen) atoms. The van der Waals surface area contributed by atoms with Crippen molar-refractivity contribution < 1.29 is 18.7 Å². The lowest BCUT2D eigenvalue weighted by atomic mass is 10.0. The molecule has 0 aliphatic carbocycles. The fraction of sp³-hybridized carbons (Fsp3) is 0.292. The fourth-order valence-corrected chi connectivity index (χ4v) is 4.66. The highest BCUT2D eigenvalue weighted by Gasteiger charge is 2.41. The standard InChI is InChI=1S/C24H22ClN3O4/c1-14-18(26-22(32-14)15-5-3-6-17(25)11-15)13-28-21-12-16(24(30)31-2)8-9-19(21)27-10-4-7-20(27)23(28)29/h3,5-6,8-9,11-12,20H,4,7,10,13H2,1-2H3. The van der Waals surface area contributed by atoms with E-state index in [1.807, 2.05) is 25.1 Å². The lowest BCUT2D eigenvalue weighted by Crippen LogP contribution is -2.50. The van der Waals surface area contributed by atoms with E-state index in [1.54, 1.807) is 29.2 Å². The van der Waals surface area contributed by atoms with Crippen molar-refractivity contribution in [1.82, 2.24) is 4.98 Å². The maximum absolute atomic E-state index is 13.4. The van der Waals surface area contributed by atoms with Crippen LogP contribution in [0.4, 0.5) is 11.4 Å². The highest BCUT2D eigenvalue weighted by atomic mass is 35.5. The van der Waals surface area contributed by atoms with Crippen LogP contribution >= 0.6 is 11.6 Å². The van der Waals surface area contributed by atoms with E-state index >= 15 is 0 Å². The first-order chi connectivity index (χ1) is 15.5. The van der Waals surface area contributed by atoms with Crippen LogP contribution in [0.5, 0.6) is 0 Å². The lowest BCUT2D eigenvalue weighted by molar-refractivity contribution is -0.120. The highest BCUT2D eigenvalue weighted by molar-refractivity contribution is 6.30. The summed E-state index contributed by atoms with van der Waals surface area (Å²) in [6.45, 7) is 2.89. The summed E-state index contributed by atoms with van der Waals surface area (Å²) in [7, 11) is 1.34. The zero-order valence-corrected chi connectivity index (χ0v) is 18.6. The van der Waals surface area contributed by atoms with Crippen LogP contribution in [0.3, 0.4) is 0 Å². The van der Waals surface area contributed by atoms with E-state index in [1.165, 1.54) is 7.11 Å². The van der Waals surface area contributed by atoms with Gasteiger partial charge < -0.3 is 19.0 Å². The number of nitrogens with zero attached hydrogens (tertiary/aromatic N) is 3. The van der Waals surface area contributed by atoms with Gasteiger partial charge in [0, 0.05) is 17.1 Å². The molecule has 1 fully saturated rings. The van der Waals surface area contributed by atoms with Gasteiger partial charge in [0.05, 0.1) is 30.6 Å². The van der Waals surface area contributed by atoms with Crippen LogP contribution in [0.25, 0.3) is 11.5 Å². The molecule has 0 N–H and O–H groups in total. The minimum Gasteiger partial charge on any atom is -0.465 e. The van der Waals surface area contributed by atoms with Crippen molar-refractivity contribution in [3.63, 3.8) is 0 Å². The van der Waals surface area contributed by atoms with Crippen molar-refractivity contribution in [2.45, 2.75) is 32.4 Å². The van der Waals surface area contributed by atoms with E-state index < -0.39 is 5.97 Å². The summed E-state index contributed by atoms with van der Waals surface area (Å²) in [4.78, 5) is 34.1. The second-order valence-electron chi connectivity index (χ2n) is 8.00. The van der Waals surface area contributed by atoms with E-state index in [2.05, 4.69) is 9.88 Å². The van der Waals surface area contributed by atoms with Gasteiger partial charge in [-0.05, 0) is 56.2 Å². The Morgan fingerprint density at radius 1 is 1.25 bits per heavy atom. The zero-order valence-electron chi connectivity index (χ0n) is 17.8. The average Bonchev–Trinajstić information content (AvgIpc) is 3.43. The maximum atomic E-state index is 13.4. The number of hydrogen-bond donors (Lipinski definition) is 0. The van der Waals surface area contributed by atoms with Gasteiger partial charge in [0.1, 0.15) is 17.5 Å². The first kappa shape index (κ1) is 20.6. The number of aromatic nitrogens is 1. The number of anilines is 2. The van der Waals surface area contributed by atoms with Crippen molar-refractivity contribution in [3.8, 4) is 11.5 Å². The molecule has 5 rings (SSSR count). The van der Waals surface area contributed by atoms with Crippen molar-refractivity contribution in [3.05, 3.63) is 64.5 Å². The van der Waals surface area contributed by atoms with Crippen LogP contribution < -0.4 is 9.80 Å². The van der Waals surface area contributed by atoms with Gasteiger partial charge in [-0.2, -0.15) is 0 Å². The predicted molar refractivity (Wildman–Crippen MR) is 121 cm³/mol. The molecule has 7 nitrogen and oxygen atoms in total. The molecule has 1 atom stereocenters. The van der Waals surface area contributed by atoms with E-state index in [0.29, 0.717) is 33.6 Å². The number of ether oxygens (including phenoxy) is 1. The number of amides is 1. The van der Waals surface area contributed by atoms with Gasteiger partial charge in [0.2, 0.25) is 11.8 Å². The quantitative estimate of drug-likeness (QED) is 0.539. The monoisotopic (exact) mass is 451 g/mol. The molecule has 164 valence electrons. The van der Waals surface area contributed by atoms with Crippen LogP contribution in [0.1, 0.15) is 34.7 Å². The van der Waals surface area contributed by atoms with Crippen LogP contribution in [-0.2, 0) is 16.1 Å². The Bertz CT molecular complexity index is 1220. The van der Waals surface area contributed by atoms with Crippen LogP contribution in [-0.4, -0.2) is 36.6 Å². The summed E-state index contributed by atoms with van der Waals surface area (Å²) in [6, 6.07) is 12.4. The Hall–Kier alpha value is -3.32. The molecule has 1 unspecified atom stereocenters. The normalized spacial score (nSPS) is 17.3. The number of aryl methyl sites for hydroxylation is 1. The first-order valence-corrected chi connectivity index (χ1v) is 10.9. The van der Waals surface area contributed by atoms with E-state index in [-0.39, 0.29) is 18.5 Å². The number of rotatable bonds is 4. The number of carbonyl (C=O) groups excluding carboxylic acids is 2. The number of oxazole rings is 1. The molecule has 2 aliphatic rings. The number of halogens is 1. The van der Waals surface area contributed by atoms with Gasteiger partial charge in [0.15, 0.2) is 0 Å². The average molecular weight is 452 g/mol. The number of benzene rings is 2. The summed E-state index contributed by atoms with van der Waals surface area (Å²) in [6.07, 6.45) is 1.75. The molecule has 0 spiro atoms. The second-order valence-corrected chi connectivity index (χ2v) is 8.44. The Balaban J connectivity index is 1.54. The van der Waals surface area contributed by atoms with Crippen molar-refractivity contribution in [1.29, 1.82) is 0 Å². The van der Waals surface area contributed by atoms with Gasteiger partial charge in [-0.1, -0.05) is 17.7 Å². The van der Waals surface area contributed by atoms with Crippen LogP contribution in [0.15, 0.2) is 46.9 Å². The molecular weight excluding hydrogens is 430 g/mol. The molecule has 1 saturated heterocycles. The topological polar surface area (TPSA) is 75.9 Å². The molecule has 0 bridgehead atoms. The van der Waals surface area contributed by atoms with Gasteiger partial charge in [-0.3, -0.25) is 4.79 Å². The summed E-state index contributed by atoms with van der Waals surface area (Å²) in [5.41, 5.74) is 3.46. The molecule has 0 saturated carbocycles. The molecule has 2 aromatic carbocycles. The highest BCUT2D eigenvalue weighted by Crippen LogP contribution is 2.41. The van der Waals surface area contributed by atoms with Gasteiger partial charge >= 0.3 is 5.97 Å². The van der Waals surface area contributed by atoms with E-state index in [9.17, 15) is 9.59 Å². The molecule has 0 radical (unpaired) electrons. The van der Waals surface area contributed by atoms with Crippen LogP contribution in [0.2, 0.25) is 5.02 Å². The fourth-order valence-electron chi connectivity index (χ4n) is 4.47. The van der Waals surface area contributed by atoms with Crippen molar-refractivity contribution >= 4 is 34.9 Å². The van der Waals surface area contributed by atoms with Gasteiger partial charge in [0.25, 0.3) is 0 Å². The Morgan fingerprint density at radius 2 is 2.09 bits per heavy atom. The Labute approximate surface area is 190 Å². The first-order valence-electron chi connectivity index (χ1n) is 10.5. The Kier molecular flexibility index (Phi) is 5.13. The Morgan fingerprint density at radius 3 is 2.88 bits per heavy atom. The van der Waals surface area contributed by atoms with E-state index in [0.717, 1.165) is 30.6 Å². The largest absolute Gasteiger partial charge is 0.465 e. The lowest BCUT2D eigenvalue weighted by Gasteiger charge is -2.39. The number of carbonyl (C=O) groups is 2. The smallest absolute Gasteiger partial charge is 0.337 e. The zero-order chi connectivity index (χ0) is 22.4. The number of fused-ring (bicyclic) bond motifs is 3. The van der Waals surface area contributed by atoms with Crippen molar-refractivity contribution in [2.24, 2.45) is 0 Å². The molecular formula is C24H22ClN3O4. The van der Waals surface area contributed by atoms with E-state index in [4.69, 9.17) is 20.8 Å². The number of esters is 1. The minimum absolute atomic E-state index is 0.00345. The van der Waals surface area contributed by atoms with Crippen LogP contribution in [0, 0.1) is 6.92 Å². The maximum Gasteiger partial charge on any atom is 0.337 e. The number of methoxy groups -OCH3 is 1. The third-order valence-electron chi connectivity index (χ3n) is 6.07. The number of hydrogen-bond acceptors (Lipinski definition) is 6. The predicted octanol–water partition coefficient (Wildman–Crippen LogP) is 4.61. The SMILES string of the molecule is COC(=O)c1ccc2c(c1)N(Cc1nc(-c3cccc(Cl)c3)oc1C)C(=O)C1CCCN21. The third-order valence-corrected chi connectivity index (χ3v) is 6.31. The van der Waals surface area contributed by atoms with Gasteiger partial charge in [-0.15, -0.1) is 0 Å². The summed E-state index contributed by atoms with van der Waals surface area (Å²) >= 11 is 6.11. The molecule has 3 heterocycles. The van der Waals surface area contributed by atoms with Gasteiger partial charge in [-0.25, -0.2) is 9.78 Å². The molecule has 3 aromatic rings.